The zero-order valence-corrected chi connectivity index (χ0v) is 39.0. The maximum Gasteiger partial charge on any atom is 0.296 e. The second kappa shape index (κ2) is 23.0. The van der Waals surface area contributed by atoms with Gasteiger partial charge in [0.1, 0.15) is 9.79 Å². The molecule has 10 N–H and O–H groups in total. The van der Waals surface area contributed by atoms with Crippen molar-refractivity contribution >= 4 is 148 Å². The highest BCUT2D eigenvalue weighted by Crippen LogP contribution is 2.35. The molecule has 36 heteroatoms. The molecule has 0 aliphatic rings. The van der Waals surface area contributed by atoms with Crippen LogP contribution in [0.1, 0.15) is 11.1 Å². The minimum atomic E-state index is -4.94. The lowest BCUT2D eigenvalue weighted by Gasteiger charge is -2.13. The summed E-state index contributed by atoms with van der Waals surface area (Å²) in [5.74, 6) is -1.09. The van der Waals surface area contributed by atoms with Crippen molar-refractivity contribution in [2.24, 2.45) is 0 Å². The van der Waals surface area contributed by atoms with Crippen LogP contribution in [0.5, 0.6) is 0 Å². The summed E-state index contributed by atoms with van der Waals surface area (Å²) in [5.41, 5.74) is 0.209. The van der Waals surface area contributed by atoms with E-state index in [-0.39, 0.29) is 72.1 Å². The van der Waals surface area contributed by atoms with Crippen molar-refractivity contribution in [3.05, 3.63) is 94.5 Å². The molecule has 0 atom stereocenters. The molecule has 0 spiro atoms. The van der Waals surface area contributed by atoms with Gasteiger partial charge in [-0.15, -0.1) is 13.0 Å². The Bertz CT molecular complexity index is 3210. The molecular formula is C32H24Cl2N10O18S6. The topological polar surface area (TPSA) is 405 Å². The molecule has 6 rings (SSSR count). The lowest BCUT2D eigenvalue weighted by Crippen LogP contribution is -2.08. The third-order valence-electron chi connectivity index (χ3n) is 7.92. The maximum absolute atomic E-state index is 12.6. The number of rotatable bonds is 22. The number of aromatic nitrogens is 6. The van der Waals surface area contributed by atoms with Crippen LogP contribution in [0.3, 0.4) is 0 Å². The van der Waals surface area contributed by atoms with Crippen LogP contribution >= 0.6 is 59.3 Å². The van der Waals surface area contributed by atoms with Crippen LogP contribution in [0.4, 0.5) is 46.5 Å². The highest BCUT2D eigenvalue weighted by Gasteiger charge is 2.21. The average Bonchev–Trinajstić information content (AvgIpc) is 3.25. The molecule has 6 aromatic rings. The van der Waals surface area contributed by atoms with Crippen molar-refractivity contribution in [2.45, 2.75) is 29.4 Å². The van der Waals surface area contributed by atoms with Crippen LogP contribution in [0.2, 0.25) is 10.6 Å². The van der Waals surface area contributed by atoms with Crippen molar-refractivity contribution in [3.63, 3.8) is 0 Å². The molecule has 68 heavy (non-hydrogen) atoms. The van der Waals surface area contributed by atoms with Crippen molar-refractivity contribution in [1.29, 1.82) is 0 Å². The zero-order chi connectivity index (χ0) is 49.2. The molecule has 0 fully saturated rings. The first kappa shape index (κ1) is 52.2. The quantitative estimate of drug-likeness (QED) is 0.0103. The van der Waals surface area contributed by atoms with Crippen LogP contribution in [0.25, 0.3) is 12.2 Å². The Morgan fingerprint density at radius 1 is 0.485 bits per heavy atom. The SMILES string of the molecule is O=S(=O)(O)c1ccc(SOOO)c(Nc2nc(Cl)nc(Nc3ccc(/C=C/c4ccc(Nc5nc(Cl)nc(Nc6cc(SOOO)ccc6S(=O)(=O)O)n5)cc4S(=O)(=O)O)c(SOOO)c3)n2)c1. The molecular weight excluding hydrogens is 1080 g/mol. The predicted molar refractivity (Wildman–Crippen MR) is 239 cm³/mol. The fourth-order valence-electron chi connectivity index (χ4n) is 5.28. The second-order valence-corrected chi connectivity index (χ2v) is 19.4. The number of nitrogens with one attached hydrogen (secondary N) is 4. The summed E-state index contributed by atoms with van der Waals surface area (Å²) in [5, 5.41) is 46.9. The Morgan fingerprint density at radius 2 is 0.985 bits per heavy atom. The number of hydrogen-bond donors (Lipinski definition) is 10. The second-order valence-electron chi connectivity index (χ2n) is 12.3. The third-order valence-corrected chi connectivity index (χ3v) is 12.8. The highest BCUT2D eigenvalue weighted by atomic mass is 35.5. The fourth-order valence-corrected chi connectivity index (χ4v) is 8.78. The van der Waals surface area contributed by atoms with E-state index in [9.17, 15) is 38.9 Å². The number of anilines is 8. The Hall–Kier alpha value is -5.16. The minimum Gasteiger partial charge on any atom is -0.324 e. The van der Waals surface area contributed by atoms with Gasteiger partial charge in [-0.3, -0.25) is 13.7 Å². The van der Waals surface area contributed by atoms with E-state index in [0.717, 1.165) is 24.3 Å². The minimum absolute atomic E-state index is 0.00519. The largest absolute Gasteiger partial charge is 0.324 e. The monoisotopic (exact) mass is 1100 g/mol. The number of nitrogens with zero attached hydrogens (tertiary/aromatic N) is 6. The van der Waals surface area contributed by atoms with E-state index >= 15 is 0 Å². The molecule has 2 heterocycles. The van der Waals surface area contributed by atoms with Gasteiger partial charge in [-0.05, 0) is 95.0 Å². The molecule has 0 unspecified atom stereocenters. The Labute approximate surface area is 403 Å². The highest BCUT2D eigenvalue weighted by molar-refractivity contribution is 7.95. The van der Waals surface area contributed by atoms with Crippen molar-refractivity contribution in [3.8, 4) is 0 Å². The fraction of sp³-hybridized carbons (Fsp3) is 0. The first-order chi connectivity index (χ1) is 32.2. The van der Waals surface area contributed by atoms with E-state index in [4.69, 9.17) is 39.0 Å². The normalized spacial score (nSPS) is 12.1. The Morgan fingerprint density at radius 3 is 1.54 bits per heavy atom. The molecule has 4 aromatic carbocycles. The molecule has 0 bridgehead atoms. The number of halogens is 2. The van der Waals surface area contributed by atoms with Crippen LogP contribution in [-0.2, 0) is 58.5 Å². The Kier molecular flexibility index (Phi) is 17.6. The lowest BCUT2D eigenvalue weighted by molar-refractivity contribution is -0.432. The average molecular weight is 1100 g/mol. The molecule has 0 amide bonds. The van der Waals surface area contributed by atoms with E-state index in [1.807, 2.05) is 0 Å². The van der Waals surface area contributed by atoms with E-state index in [1.54, 1.807) is 0 Å². The van der Waals surface area contributed by atoms with E-state index in [2.05, 4.69) is 79.3 Å². The van der Waals surface area contributed by atoms with Gasteiger partial charge in [0.25, 0.3) is 30.4 Å². The van der Waals surface area contributed by atoms with E-state index < -0.39 is 50.3 Å². The zero-order valence-electron chi connectivity index (χ0n) is 32.6. The smallest absolute Gasteiger partial charge is 0.296 e. The van der Waals surface area contributed by atoms with Crippen LogP contribution in [0, 0.1) is 0 Å². The van der Waals surface area contributed by atoms with Gasteiger partial charge in [0.05, 0.1) is 57.3 Å². The molecule has 0 aliphatic carbocycles. The first-order valence-corrected chi connectivity index (χ1v) is 24.5. The summed E-state index contributed by atoms with van der Waals surface area (Å²) in [7, 11) is -14.4. The standard InChI is InChI=1S/C32H24Cl2N10O18S6/c33-27-39-29(43-31(41-27)37-21-14-20(66(48,49)50)8-9-23(21)64-61-58-46)35-17-5-3-15(24(11-17)65-62-59-47)1-2-16-4-6-18(12-26(16)68(54,55)56)36-30-40-28(34)42-32(44-30)38-22-13-19(63-60-57-45)7-10-25(22)67(51,52)53/h1-14,45-47H,(H,48,49,50)(H,51,52,53)(H,54,55,56)(H2,35,37,39,41,43)(H2,36,38,40,42,44)/b2-1+. The van der Waals surface area contributed by atoms with Gasteiger partial charge in [-0.1, -0.05) is 39.4 Å². The van der Waals surface area contributed by atoms with E-state index in [0.29, 0.717) is 41.7 Å². The van der Waals surface area contributed by atoms with Gasteiger partial charge >= 0.3 is 0 Å². The summed E-state index contributed by atoms with van der Waals surface area (Å²) in [6, 6.07) is 14.8. The number of hydrogen-bond acceptors (Lipinski definition) is 28. The lowest BCUT2D eigenvalue weighted by atomic mass is 10.1. The molecule has 0 saturated heterocycles. The summed E-state index contributed by atoms with van der Waals surface area (Å²) in [6.07, 6.45) is 2.72. The van der Waals surface area contributed by atoms with Gasteiger partial charge in [0, 0.05) is 21.2 Å². The Balaban J connectivity index is 1.24. The molecule has 0 radical (unpaired) electrons. The number of benzene rings is 4. The van der Waals surface area contributed by atoms with Crippen LogP contribution in [0.15, 0.2) is 102 Å². The van der Waals surface area contributed by atoms with Gasteiger partial charge in [0.15, 0.2) is 0 Å². The molecule has 0 saturated carbocycles. The molecule has 28 nitrogen and oxygen atoms in total. The van der Waals surface area contributed by atoms with Gasteiger partial charge in [0.2, 0.25) is 34.4 Å². The van der Waals surface area contributed by atoms with Gasteiger partial charge < -0.3 is 21.3 Å². The molecule has 0 aliphatic heterocycles. The first-order valence-electron chi connectivity index (χ1n) is 17.2. The van der Waals surface area contributed by atoms with Crippen LogP contribution < -0.4 is 21.3 Å². The summed E-state index contributed by atoms with van der Waals surface area (Å²) in [6.45, 7) is 0. The van der Waals surface area contributed by atoms with Crippen molar-refractivity contribution in [2.75, 3.05) is 21.3 Å². The molecule has 2 aromatic heterocycles. The molecule has 360 valence electrons. The van der Waals surface area contributed by atoms with Crippen molar-refractivity contribution < 1.29 is 82.8 Å². The summed E-state index contributed by atoms with van der Waals surface area (Å²) >= 11 is 13.7. The summed E-state index contributed by atoms with van der Waals surface area (Å²) in [4.78, 5) is 22.8. The maximum atomic E-state index is 12.6. The summed E-state index contributed by atoms with van der Waals surface area (Å²) < 4.78 is 116. The van der Waals surface area contributed by atoms with Crippen molar-refractivity contribution in [1.82, 2.24) is 29.9 Å². The van der Waals surface area contributed by atoms with E-state index in [1.165, 1.54) is 60.7 Å². The van der Waals surface area contributed by atoms with Crippen LogP contribution in [-0.4, -0.2) is 84.6 Å². The third kappa shape index (κ3) is 14.7. The van der Waals surface area contributed by atoms with Gasteiger partial charge in [-0.2, -0.15) is 55.2 Å². The predicted octanol–water partition coefficient (Wildman–Crippen LogP) is 7.53. The van der Waals surface area contributed by atoms with Gasteiger partial charge in [-0.25, -0.2) is 15.8 Å².